The van der Waals surface area contributed by atoms with E-state index in [1.165, 1.54) is 0 Å². The third kappa shape index (κ3) is 7.55. The van der Waals surface area contributed by atoms with Crippen LogP contribution >= 0.6 is 15.9 Å². The van der Waals surface area contributed by atoms with Crippen molar-refractivity contribution in [3.05, 3.63) is 28.7 Å². The fraction of sp³-hybridized carbons (Fsp3) is 0.600. The Morgan fingerprint density at radius 1 is 1.26 bits per heavy atom. The van der Waals surface area contributed by atoms with E-state index in [4.69, 9.17) is 9.47 Å². The summed E-state index contributed by atoms with van der Waals surface area (Å²) in [6.07, 6.45) is 1.01. The van der Waals surface area contributed by atoms with Crippen molar-refractivity contribution in [1.82, 2.24) is 5.32 Å². The zero-order valence-corrected chi connectivity index (χ0v) is 13.6. The first-order valence-corrected chi connectivity index (χ1v) is 7.41. The summed E-state index contributed by atoms with van der Waals surface area (Å²) in [5, 5.41) is 3.40. The molecule has 0 unspecified atom stereocenters. The Morgan fingerprint density at radius 3 is 2.74 bits per heavy atom. The predicted molar refractivity (Wildman–Crippen MR) is 82.8 cm³/mol. The number of halogens is 1. The van der Waals surface area contributed by atoms with Gasteiger partial charge in [0, 0.05) is 24.7 Å². The molecule has 0 aliphatic heterocycles. The molecule has 0 heterocycles. The fourth-order valence-corrected chi connectivity index (χ4v) is 2.07. The van der Waals surface area contributed by atoms with Crippen molar-refractivity contribution in [2.45, 2.75) is 20.3 Å². The maximum atomic E-state index is 5.77. The monoisotopic (exact) mass is 329 g/mol. The first-order valence-electron chi connectivity index (χ1n) is 6.61. The van der Waals surface area contributed by atoms with Crippen LogP contribution < -0.4 is 10.1 Å². The number of hydrogen-bond acceptors (Lipinski definition) is 3. The van der Waals surface area contributed by atoms with E-state index in [0.29, 0.717) is 0 Å². The quantitative estimate of drug-likeness (QED) is 0.703. The lowest BCUT2D eigenvalue weighted by Gasteiger charge is -2.25. The normalized spacial score (nSPS) is 11.6. The molecule has 19 heavy (non-hydrogen) atoms. The molecule has 0 fully saturated rings. The third-order valence-corrected chi connectivity index (χ3v) is 3.42. The molecule has 1 aromatic rings. The van der Waals surface area contributed by atoms with E-state index in [9.17, 15) is 0 Å². The highest BCUT2D eigenvalue weighted by molar-refractivity contribution is 9.10. The minimum atomic E-state index is 0.222. The van der Waals surface area contributed by atoms with Gasteiger partial charge in [-0.3, -0.25) is 0 Å². The van der Waals surface area contributed by atoms with Crippen molar-refractivity contribution in [2.75, 3.05) is 33.4 Å². The molecule has 4 heteroatoms. The van der Waals surface area contributed by atoms with Gasteiger partial charge < -0.3 is 14.8 Å². The second kappa shape index (κ2) is 8.56. The molecule has 0 aliphatic rings. The predicted octanol–water partition coefficient (Wildman–Crippen LogP) is 3.48. The van der Waals surface area contributed by atoms with Crippen molar-refractivity contribution in [1.29, 1.82) is 0 Å². The van der Waals surface area contributed by atoms with Crippen LogP contribution in [0.2, 0.25) is 0 Å². The third-order valence-electron chi connectivity index (χ3n) is 2.93. The highest BCUT2D eigenvalue weighted by atomic mass is 79.9. The van der Waals surface area contributed by atoms with Gasteiger partial charge in [-0.05, 0) is 30.0 Å². The smallest absolute Gasteiger partial charge is 0.120 e. The largest absolute Gasteiger partial charge is 0.494 e. The zero-order valence-electron chi connectivity index (χ0n) is 12.0. The van der Waals surface area contributed by atoms with E-state index >= 15 is 0 Å². The van der Waals surface area contributed by atoms with E-state index in [0.717, 1.165) is 42.9 Å². The summed E-state index contributed by atoms with van der Waals surface area (Å²) in [7, 11) is 1.72. The molecule has 1 N–H and O–H groups in total. The van der Waals surface area contributed by atoms with Gasteiger partial charge in [-0.1, -0.05) is 35.8 Å². The van der Waals surface area contributed by atoms with Crippen molar-refractivity contribution in [3.8, 4) is 5.75 Å². The number of rotatable bonds is 9. The van der Waals surface area contributed by atoms with Gasteiger partial charge in [0.05, 0.1) is 13.2 Å². The molecule has 108 valence electrons. The lowest BCUT2D eigenvalue weighted by molar-refractivity contribution is 0.186. The fourth-order valence-electron chi connectivity index (χ4n) is 1.69. The first-order chi connectivity index (χ1) is 9.03. The van der Waals surface area contributed by atoms with Crippen LogP contribution in [-0.2, 0) is 4.74 Å². The van der Waals surface area contributed by atoms with Gasteiger partial charge in [-0.2, -0.15) is 0 Å². The van der Waals surface area contributed by atoms with Crippen LogP contribution in [0.15, 0.2) is 28.7 Å². The molecule has 0 spiro atoms. The maximum Gasteiger partial charge on any atom is 0.120 e. The molecule has 0 saturated carbocycles. The molecule has 0 amide bonds. The van der Waals surface area contributed by atoms with Crippen LogP contribution in [0.1, 0.15) is 20.3 Å². The van der Waals surface area contributed by atoms with Crippen molar-refractivity contribution < 1.29 is 9.47 Å². The molecule has 0 bridgehead atoms. The molecule has 0 radical (unpaired) electrons. The molecule has 0 atom stereocenters. The average molecular weight is 330 g/mol. The van der Waals surface area contributed by atoms with Crippen LogP contribution in [0.5, 0.6) is 5.75 Å². The van der Waals surface area contributed by atoms with Gasteiger partial charge >= 0.3 is 0 Å². The molecular weight excluding hydrogens is 306 g/mol. The van der Waals surface area contributed by atoms with Gasteiger partial charge in [-0.25, -0.2) is 0 Å². The van der Waals surface area contributed by atoms with E-state index in [1.54, 1.807) is 7.11 Å². The van der Waals surface area contributed by atoms with Crippen molar-refractivity contribution in [2.24, 2.45) is 5.41 Å². The van der Waals surface area contributed by atoms with E-state index in [-0.39, 0.29) is 5.41 Å². The SMILES string of the molecule is COCCNCC(C)(C)CCOc1cccc(Br)c1. The number of nitrogens with one attached hydrogen (secondary N) is 1. The Kier molecular flexibility index (Phi) is 7.42. The van der Waals surface area contributed by atoms with Crippen LogP contribution in [0, 0.1) is 5.41 Å². The summed E-state index contributed by atoms with van der Waals surface area (Å²) >= 11 is 3.44. The standard InChI is InChI=1S/C15H24BrNO2/c1-15(2,12-17-8-10-18-3)7-9-19-14-6-4-5-13(16)11-14/h4-6,11,17H,7-10,12H2,1-3H3. The number of ether oxygens (including phenoxy) is 2. The summed E-state index contributed by atoms with van der Waals surface area (Å²) in [4.78, 5) is 0. The Balaban J connectivity index is 2.23. The Hall–Kier alpha value is -0.580. The summed E-state index contributed by atoms with van der Waals surface area (Å²) in [6.45, 7) is 7.85. The van der Waals surface area contributed by atoms with Gasteiger partial charge in [0.15, 0.2) is 0 Å². The van der Waals surface area contributed by atoms with Crippen molar-refractivity contribution >= 4 is 15.9 Å². The van der Waals surface area contributed by atoms with Crippen molar-refractivity contribution in [3.63, 3.8) is 0 Å². The Labute approximate surface area is 124 Å². The highest BCUT2D eigenvalue weighted by Crippen LogP contribution is 2.21. The average Bonchev–Trinajstić information content (AvgIpc) is 2.35. The minimum Gasteiger partial charge on any atom is -0.494 e. The van der Waals surface area contributed by atoms with E-state index in [1.807, 2.05) is 24.3 Å². The molecule has 0 aliphatic carbocycles. The lowest BCUT2D eigenvalue weighted by atomic mass is 9.90. The molecule has 1 rings (SSSR count). The summed E-state index contributed by atoms with van der Waals surface area (Å²) in [5.41, 5.74) is 0.222. The minimum absolute atomic E-state index is 0.222. The number of hydrogen-bond donors (Lipinski definition) is 1. The van der Waals surface area contributed by atoms with E-state index < -0.39 is 0 Å². The van der Waals surface area contributed by atoms with Crippen LogP contribution in [-0.4, -0.2) is 33.4 Å². The molecular formula is C15H24BrNO2. The van der Waals surface area contributed by atoms with Gasteiger partial charge in [0.2, 0.25) is 0 Å². The molecule has 1 aromatic carbocycles. The maximum absolute atomic E-state index is 5.77. The molecule has 0 saturated heterocycles. The second-order valence-corrected chi connectivity index (χ2v) is 6.31. The van der Waals surface area contributed by atoms with Gasteiger partial charge in [-0.15, -0.1) is 0 Å². The summed E-state index contributed by atoms with van der Waals surface area (Å²) < 4.78 is 11.8. The lowest BCUT2D eigenvalue weighted by Crippen LogP contribution is -2.32. The van der Waals surface area contributed by atoms with Crippen LogP contribution in [0.4, 0.5) is 0 Å². The number of methoxy groups -OCH3 is 1. The first kappa shape index (κ1) is 16.5. The topological polar surface area (TPSA) is 30.5 Å². The van der Waals surface area contributed by atoms with E-state index in [2.05, 4.69) is 35.1 Å². The molecule has 0 aromatic heterocycles. The Bertz CT molecular complexity index is 369. The van der Waals surface area contributed by atoms with Gasteiger partial charge in [0.25, 0.3) is 0 Å². The summed E-state index contributed by atoms with van der Waals surface area (Å²) in [6, 6.07) is 7.95. The summed E-state index contributed by atoms with van der Waals surface area (Å²) in [5.74, 6) is 0.914. The van der Waals surface area contributed by atoms with Crippen LogP contribution in [0.3, 0.4) is 0 Å². The molecule has 3 nitrogen and oxygen atoms in total. The zero-order chi connectivity index (χ0) is 14.1. The highest BCUT2D eigenvalue weighted by Gasteiger charge is 2.17. The van der Waals surface area contributed by atoms with Gasteiger partial charge in [0.1, 0.15) is 5.75 Å². The second-order valence-electron chi connectivity index (χ2n) is 5.39. The Morgan fingerprint density at radius 2 is 2.05 bits per heavy atom. The van der Waals surface area contributed by atoms with Crippen LogP contribution in [0.25, 0.3) is 0 Å². The number of benzene rings is 1.